The van der Waals surface area contributed by atoms with E-state index in [-0.39, 0.29) is 46.7 Å². The van der Waals surface area contributed by atoms with Crippen molar-refractivity contribution < 1.29 is 50.1 Å². The van der Waals surface area contributed by atoms with Gasteiger partial charge in [0.2, 0.25) is 0 Å². The number of halogens is 2. The Morgan fingerprint density at radius 2 is 0.909 bits per heavy atom. The number of aromatic hydroxyl groups is 2. The van der Waals surface area contributed by atoms with E-state index >= 15 is 0 Å². The molecule has 2 N–H and O–H groups in total. The maximum atomic E-state index is 13.3. The Morgan fingerprint density at radius 3 is 1.24 bits per heavy atom. The van der Waals surface area contributed by atoms with Crippen LogP contribution in [0.1, 0.15) is 95.6 Å². The van der Waals surface area contributed by atoms with Crippen molar-refractivity contribution in [2.45, 2.75) is 86.9 Å². The summed E-state index contributed by atoms with van der Waals surface area (Å²) in [5.41, 5.74) is 4.59. The molecular weight excluding hydrogens is 851 g/mol. The van der Waals surface area contributed by atoms with Crippen LogP contribution in [-0.4, -0.2) is 22.2 Å². The Balaban J connectivity index is 0.00000217. The molecule has 0 unspecified atom stereocenters. The van der Waals surface area contributed by atoms with E-state index in [1.54, 1.807) is 35.7 Å². The Morgan fingerprint density at radius 1 is 0.582 bits per heavy atom. The number of carbonyl (C=O) groups is 2. The summed E-state index contributed by atoms with van der Waals surface area (Å²) in [6, 6.07) is 34.2. The predicted octanol–water partition coefficient (Wildman–Crippen LogP) is 12.4. The molecule has 0 aliphatic heterocycles. The molecule has 5 aromatic carbocycles. The van der Waals surface area contributed by atoms with Crippen LogP contribution in [0, 0.1) is 0 Å². The Bertz CT molecular complexity index is 1900. The van der Waals surface area contributed by atoms with E-state index in [1.165, 1.54) is 0 Å². The SMILES string of the molecule is CC(C)(C)c1cc(CSc2ccccc2SCc2cc(C(C)(C)C)cc(C(=O)OCc3ccccc3)c2O)c(O)c(C(=O)OCc2ccccc2)c1.[Cl][Zr][Cl]. The zero-order chi connectivity index (χ0) is 40.2. The molecule has 0 bridgehead atoms. The van der Waals surface area contributed by atoms with E-state index in [0.717, 1.165) is 32.0 Å². The van der Waals surface area contributed by atoms with E-state index < -0.39 is 32.8 Å². The first-order chi connectivity index (χ1) is 26.1. The fourth-order valence-electron chi connectivity index (χ4n) is 5.39. The van der Waals surface area contributed by atoms with Gasteiger partial charge in [0, 0.05) is 32.4 Å². The van der Waals surface area contributed by atoms with Crippen LogP contribution in [0.5, 0.6) is 11.5 Å². The van der Waals surface area contributed by atoms with Crippen LogP contribution in [0.15, 0.2) is 119 Å². The van der Waals surface area contributed by atoms with Crippen molar-refractivity contribution in [3.63, 3.8) is 0 Å². The second-order valence-corrected chi connectivity index (χ2v) is 20.5. The van der Waals surface area contributed by atoms with Crippen LogP contribution < -0.4 is 0 Å². The van der Waals surface area contributed by atoms with E-state index in [2.05, 4.69) is 41.5 Å². The van der Waals surface area contributed by atoms with E-state index in [9.17, 15) is 19.8 Å². The van der Waals surface area contributed by atoms with E-state index in [4.69, 9.17) is 26.5 Å². The summed E-state index contributed by atoms with van der Waals surface area (Å²) in [6.45, 7) is 12.6. The third kappa shape index (κ3) is 13.2. The standard InChI is InChI=1S/C44H46O6S2.2ClH.Zr/c1-43(2,3)33-21-31(39(45)35(23-33)41(47)49-25-29-15-9-7-10-16-29)27-51-37-19-13-14-20-38(37)52-28-32-22-34(44(4,5)6)24-36(40(32)46)42(48)50-26-30-17-11-8-12-18-30;;;/h7-24,45-46H,25-28H2,1-6H3;2*1H;/q;;;+2/p-2. The molecule has 55 heavy (non-hydrogen) atoms. The molecule has 0 amide bonds. The first-order valence-electron chi connectivity index (χ1n) is 17.6. The molecule has 5 rings (SSSR count). The number of benzene rings is 5. The van der Waals surface area contributed by atoms with Crippen molar-refractivity contribution in [1.82, 2.24) is 0 Å². The second kappa shape index (κ2) is 20.8. The predicted molar refractivity (Wildman–Crippen MR) is 222 cm³/mol. The molecule has 0 heterocycles. The summed E-state index contributed by atoms with van der Waals surface area (Å²) in [5, 5.41) is 22.7. The van der Waals surface area contributed by atoms with E-state index in [1.807, 2.05) is 97.1 Å². The van der Waals surface area contributed by atoms with Gasteiger partial charge < -0.3 is 19.7 Å². The van der Waals surface area contributed by atoms with Crippen LogP contribution in [0.4, 0.5) is 0 Å². The number of thioether (sulfide) groups is 2. The number of hydrogen-bond acceptors (Lipinski definition) is 8. The van der Waals surface area contributed by atoms with Crippen molar-refractivity contribution >= 4 is 52.5 Å². The number of esters is 2. The van der Waals surface area contributed by atoms with Gasteiger partial charge in [-0.05, 0) is 57.3 Å². The molecule has 0 fully saturated rings. The normalized spacial score (nSPS) is 11.3. The maximum absolute atomic E-state index is 13.3. The van der Waals surface area contributed by atoms with Crippen molar-refractivity contribution in [3.8, 4) is 11.5 Å². The van der Waals surface area contributed by atoms with Crippen molar-refractivity contribution in [2.75, 3.05) is 0 Å². The van der Waals surface area contributed by atoms with Crippen molar-refractivity contribution in [3.05, 3.63) is 154 Å². The summed E-state index contributed by atoms with van der Waals surface area (Å²) >= 11 is 2.28. The number of rotatable bonds is 12. The topological polar surface area (TPSA) is 93.1 Å². The first-order valence-corrected chi connectivity index (χ1v) is 25.9. The number of ether oxygens (including phenoxy) is 2. The van der Waals surface area contributed by atoms with Crippen LogP contribution >= 0.6 is 40.5 Å². The summed E-state index contributed by atoms with van der Waals surface area (Å²) < 4.78 is 11.2. The molecule has 11 heteroatoms. The second-order valence-electron chi connectivity index (χ2n) is 14.8. The summed E-state index contributed by atoms with van der Waals surface area (Å²) in [6.07, 6.45) is 0. The number of carbonyl (C=O) groups excluding carboxylic acids is 2. The van der Waals surface area contributed by atoms with Crippen molar-refractivity contribution in [1.29, 1.82) is 0 Å². The van der Waals surface area contributed by atoms with E-state index in [0.29, 0.717) is 22.6 Å². The van der Waals surface area contributed by atoms with Crippen LogP contribution in [0.2, 0.25) is 0 Å². The molecule has 0 saturated carbocycles. The zero-order valence-electron chi connectivity index (χ0n) is 31.8. The fraction of sp³-hybridized carbons (Fsp3) is 0.273. The number of phenols is 2. The van der Waals surface area contributed by atoms with Gasteiger partial charge in [0.25, 0.3) is 0 Å². The molecule has 0 radical (unpaired) electrons. The monoisotopic (exact) mass is 894 g/mol. The average Bonchev–Trinajstić information content (AvgIpc) is 3.15. The number of hydrogen-bond donors (Lipinski definition) is 2. The third-order valence-electron chi connectivity index (χ3n) is 8.59. The average molecular weight is 897 g/mol. The van der Waals surface area contributed by atoms with Crippen LogP contribution in [0.25, 0.3) is 0 Å². The molecule has 5 aromatic rings. The zero-order valence-corrected chi connectivity index (χ0v) is 37.4. The summed E-state index contributed by atoms with van der Waals surface area (Å²) in [7, 11) is 9.87. The van der Waals surface area contributed by atoms with Crippen LogP contribution in [0.3, 0.4) is 0 Å². The van der Waals surface area contributed by atoms with Crippen molar-refractivity contribution in [2.24, 2.45) is 0 Å². The van der Waals surface area contributed by atoms with Gasteiger partial charge in [-0.1, -0.05) is 126 Å². The molecule has 0 atom stereocenters. The first kappa shape index (κ1) is 44.5. The van der Waals surface area contributed by atoms with Gasteiger partial charge in [-0.3, -0.25) is 0 Å². The molecular formula is C44H46Cl2O6S2Zr. The molecule has 0 saturated heterocycles. The van der Waals surface area contributed by atoms with Gasteiger partial charge >= 0.3 is 49.8 Å². The van der Waals surface area contributed by atoms with Gasteiger partial charge in [0.05, 0.1) is 0 Å². The Labute approximate surface area is 352 Å². The number of phenolic OH excluding ortho intramolecular Hbond substituents is 2. The molecule has 0 aliphatic carbocycles. The van der Waals surface area contributed by atoms with Gasteiger partial charge in [0.15, 0.2) is 0 Å². The van der Waals surface area contributed by atoms with Gasteiger partial charge in [0.1, 0.15) is 35.8 Å². The Kier molecular flexibility index (Phi) is 16.8. The summed E-state index contributed by atoms with van der Waals surface area (Å²) in [4.78, 5) is 28.5. The Hall–Kier alpha value is -3.20. The summed E-state index contributed by atoms with van der Waals surface area (Å²) in [5.74, 6) is -0.493. The minimum atomic E-state index is -0.826. The minimum absolute atomic E-state index is 0.0840. The van der Waals surface area contributed by atoms with Gasteiger partial charge in [-0.15, -0.1) is 23.5 Å². The quantitative estimate of drug-likeness (QED) is 0.0945. The fourth-order valence-corrected chi connectivity index (χ4v) is 7.57. The molecule has 0 aliphatic rings. The molecule has 0 aromatic heterocycles. The molecule has 6 nitrogen and oxygen atoms in total. The third-order valence-corrected chi connectivity index (χ3v) is 11.0. The molecule has 0 spiro atoms. The molecule has 288 valence electrons. The van der Waals surface area contributed by atoms with Gasteiger partial charge in [-0.25, -0.2) is 9.59 Å². The van der Waals surface area contributed by atoms with Gasteiger partial charge in [-0.2, -0.15) is 0 Å². The van der Waals surface area contributed by atoms with Crippen LogP contribution in [-0.2, 0) is 65.9 Å².